The Morgan fingerprint density at radius 1 is 1.21 bits per heavy atom. The van der Waals surface area contributed by atoms with Crippen molar-refractivity contribution in [2.75, 3.05) is 6.61 Å². The fourth-order valence-corrected chi connectivity index (χ4v) is 6.58. The second-order valence-corrected chi connectivity index (χ2v) is 11.5. The lowest BCUT2D eigenvalue weighted by Crippen LogP contribution is -2.51. The van der Waals surface area contributed by atoms with Crippen molar-refractivity contribution in [3.8, 4) is 0 Å². The SMILES string of the molecule is C=C=C[C@]1(O)[C@H](n2ccc(=O)[nH]c2=O)O[C@@]2(COP(=O)(O)OP(=O)(O)OP(=O)(O)O)C(F)[C@@]21O. The van der Waals surface area contributed by atoms with Gasteiger partial charge in [-0.25, -0.2) is 22.9 Å². The number of fused-ring (bicyclic) bond motifs is 1. The maximum absolute atomic E-state index is 14.8. The molecule has 0 aromatic carbocycles. The smallest absolute Gasteiger partial charge is 0.380 e. The van der Waals surface area contributed by atoms with Crippen molar-refractivity contribution in [3.63, 3.8) is 0 Å². The Labute approximate surface area is 186 Å². The number of hydrogen-bond donors (Lipinski definition) is 7. The zero-order valence-electron chi connectivity index (χ0n) is 16.3. The van der Waals surface area contributed by atoms with Gasteiger partial charge in [0.1, 0.15) is 0 Å². The van der Waals surface area contributed by atoms with E-state index in [9.17, 15) is 47.7 Å². The zero-order valence-corrected chi connectivity index (χ0v) is 19.0. The first-order valence-corrected chi connectivity index (χ1v) is 13.1. The quantitative estimate of drug-likeness (QED) is 0.133. The molecule has 1 aromatic rings. The number of alkyl halides is 1. The van der Waals surface area contributed by atoms with Gasteiger partial charge in [-0.15, -0.1) is 5.73 Å². The van der Waals surface area contributed by atoms with Crippen LogP contribution in [0.25, 0.3) is 0 Å². The highest BCUT2D eigenvalue weighted by Crippen LogP contribution is 2.71. The molecule has 7 N–H and O–H groups in total. The molecule has 1 saturated carbocycles. The lowest BCUT2D eigenvalue weighted by atomic mass is 9.91. The molecular formula is C13H16FN2O15P3. The standard InChI is InChI=1S/C13H16FN2O15P3/c1-2-4-11(19)9(16-5-3-7(17)15-10(16)18)29-12(8(14)13(11,12)20)6-28-33(24,25)31-34(26,27)30-32(21,22)23/h3-5,8-9,19-20H,1,6H2,(H,24,25)(H,26,27)(H,15,17,18)(H2,21,22,23)/t8?,9-,11+,12+,13+/m1/s1. The topological polar surface area (TPSA) is 264 Å². The van der Waals surface area contributed by atoms with Crippen LogP contribution in [0.5, 0.6) is 0 Å². The van der Waals surface area contributed by atoms with Crippen LogP contribution in [0.2, 0.25) is 0 Å². The molecule has 0 bridgehead atoms. The summed E-state index contributed by atoms with van der Waals surface area (Å²) < 4.78 is 66.1. The second-order valence-electron chi connectivity index (χ2n) is 7.04. The van der Waals surface area contributed by atoms with Gasteiger partial charge in [0.25, 0.3) is 5.56 Å². The van der Waals surface area contributed by atoms with E-state index in [0.29, 0.717) is 10.6 Å². The van der Waals surface area contributed by atoms with Crippen LogP contribution < -0.4 is 11.2 Å². The van der Waals surface area contributed by atoms with Crippen LogP contribution in [0.1, 0.15) is 6.23 Å². The summed E-state index contributed by atoms with van der Waals surface area (Å²) in [5.74, 6) is 0. The van der Waals surface area contributed by atoms with E-state index in [1.165, 1.54) is 0 Å². The molecule has 1 aliphatic carbocycles. The van der Waals surface area contributed by atoms with Crippen molar-refractivity contribution in [1.82, 2.24) is 9.55 Å². The van der Waals surface area contributed by atoms with E-state index in [0.717, 1.165) is 12.3 Å². The normalized spacial score (nSPS) is 36.1. The molecule has 0 radical (unpaired) electrons. The largest absolute Gasteiger partial charge is 0.490 e. The monoisotopic (exact) mass is 552 g/mol. The first-order chi connectivity index (χ1) is 15.3. The summed E-state index contributed by atoms with van der Waals surface area (Å²) in [5.41, 5.74) is -8.44. The molecule has 17 nitrogen and oxygen atoms in total. The highest BCUT2D eigenvalue weighted by atomic mass is 31.3. The van der Waals surface area contributed by atoms with Gasteiger partial charge in [-0.3, -0.25) is 18.9 Å². The maximum Gasteiger partial charge on any atom is 0.490 e. The van der Waals surface area contributed by atoms with Gasteiger partial charge in [0.15, 0.2) is 29.2 Å². The summed E-state index contributed by atoms with van der Waals surface area (Å²) in [4.78, 5) is 61.1. The first kappa shape index (κ1) is 27.0. The van der Waals surface area contributed by atoms with Crippen LogP contribution in [0.3, 0.4) is 0 Å². The highest BCUT2D eigenvalue weighted by Gasteiger charge is 2.94. The van der Waals surface area contributed by atoms with Crippen molar-refractivity contribution in [2.45, 2.75) is 29.2 Å². The third-order valence-corrected chi connectivity index (χ3v) is 8.71. The molecule has 2 heterocycles. The van der Waals surface area contributed by atoms with Crippen LogP contribution >= 0.6 is 23.5 Å². The molecule has 2 fully saturated rings. The van der Waals surface area contributed by atoms with Gasteiger partial charge in [0.05, 0.1) is 6.61 Å². The van der Waals surface area contributed by atoms with Crippen molar-refractivity contribution in [2.24, 2.45) is 0 Å². The second kappa shape index (κ2) is 8.23. The number of phosphoric ester groups is 1. The third-order valence-electron chi connectivity index (χ3n) is 4.93. The van der Waals surface area contributed by atoms with E-state index >= 15 is 0 Å². The molecule has 21 heteroatoms. The van der Waals surface area contributed by atoms with Crippen molar-refractivity contribution in [3.05, 3.63) is 51.5 Å². The number of H-pyrrole nitrogens is 1. The van der Waals surface area contributed by atoms with Crippen LogP contribution in [-0.2, 0) is 31.6 Å². The van der Waals surface area contributed by atoms with E-state index in [1.807, 2.05) is 4.98 Å². The van der Waals surface area contributed by atoms with Gasteiger partial charge < -0.3 is 34.5 Å². The van der Waals surface area contributed by atoms with Gasteiger partial charge in [-0.2, -0.15) is 8.62 Å². The number of phosphoric acid groups is 3. The molecule has 190 valence electrons. The van der Waals surface area contributed by atoms with Gasteiger partial charge in [0, 0.05) is 12.3 Å². The minimum atomic E-state index is -5.90. The van der Waals surface area contributed by atoms with Crippen LogP contribution in [0.4, 0.5) is 4.39 Å². The van der Waals surface area contributed by atoms with E-state index in [4.69, 9.17) is 14.5 Å². The summed E-state index contributed by atoms with van der Waals surface area (Å²) in [7, 11) is -17.3. The molecule has 0 amide bonds. The molecule has 34 heavy (non-hydrogen) atoms. The molecular weight excluding hydrogens is 536 g/mol. The molecule has 1 aliphatic heterocycles. The van der Waals surface area contributed by atoms with Crippen LogP contribution in [-0.4, -0.2) is 68.9 Å². The Morgan fingerprint density at radius 3 is 2.35 bits per heavy atom. The molecule has 3 unspecified atom stereocenters. The number of ether oxygens (including phenoxy) is 1. The molecule has 1 aromatic heterocycles. The summed E-state index contributed by atoms with van der Waals surface area (Å²) in [6, 6.07) is 0.822. The number of aromatic amines is 1. The number of halogens is 1. The zero-order chi connectivity index (χ0) is 26.0. The average molecular weight is 552 g/mol. The van der Waals surface area contributed by atoms with Crippen LogP contribution in [0, 0.1) is 0 Å². The van der Waals surface area contributed by atoms with Crippen molar-refractivity contribution >= 4 is 23.5 Å². The maximum atomic E-state index is 14.8. The fourth-order valence-electron chi connectivity index (χ4n) is 3.53. The first-order valence-electron chi connectivity index (χ1n) is 8.58. The minimum absolute atomic E-state index is 0.540. The molecule has 3 rings (SSSR count). The average Bonchev–Trinajstić information content (AvgIpc) is 3.02. The minimum Gasteiger partial charge on any atom is -0.380 e. The van der Waals surface area contributed by atoms with Crippen molar-refractivity contribution < 1.29 is 65.8 Å². The summed E-state index contributed by atoms with van der Waals surface area (Å²) >= 11 is 0. The van der Waals surface area contributed by atoms with E-state index in [1.54, 1.807) is 0 Å². The third kappa shape index (κ3) is 4.39. The molecule has 0 spiro atoms. The predicted molar refractivity (Wildman–Crippen MR) is 102 cm³/mol. The summed E-state index contributed by atoms with van der Waals surface area (Å²) in [5, 5.41) is 21.8. The summed E-state index contributed by atoms with van der Waals surface area (Å²) in [6.07, 6.45) is -3.09. The highest BCUT2D eigenvalue weighted by molar-refractivity contribution is 7.66. The van der Waals surface area contributed by atoms with Gasteiger partial charge in [0.2, 0.25) is 0 Å². The fraction of sp³-hybridized carbons (Fsp3) is 0.462. The Morgan fingerprint density at radius 2 is 1.82 bits per heavy atom. The van der Waals surface area contributed by atoms with E-state index < -0.39 is 70.5 Å². The van der Waals surface area contributed by atoms with Gasteiger partial charge >= 0.3 is 29.2 Å². The molecule has 7 atom stereocenters. The Balaban J connectivity index is 1.92. The number of rotatable bonds is 9. The van der Waals surface area contributed by atoms with E-state index in [-0.39, 0.29) is 0 Å². The number of nitrogens with one attached hydrogen (secondary N) is 1. The number of hydrogen-bond acceptors (Lipinski definition) is 11. The number of aliphatic hydroxyl groups is 2. The number of nitrogens with zero attached hydrogens (tertiary/aromatic N) is 1. The Kier molecular flexibility index (Phi) is 6.54. The summed E-state index contributed by atoms with van der Waals surface area (Å²) in [6.45, 7) is 1.70. The number of aromatic nitrogens is 2. The van der Waals surface area contributed by atoms with Crippen LogP contribution in [0.15, 0.2) is 40.2 Å². The Bertz CT molecular complexity index is 1320. The van der Waals surface area contributed by atoms with E-state index in [2.05, 4.69) is 25.5 Å². The molecule has 2 aliphatic rings. The predicted octanol–water partition coefficient (Wildman–Crippen LogP) is -1.70. The molecule has 1 saturated heterocycles. The lowest BCUT2D eigenvalue weighted by molar-refractivity contribution is -0.145. The Hall–Kier alpha value is -1.58. The van der Waals surface area contributed by atoms with Crippen molar-refractivity contribution in [1.29, 1.82) is 0 Å². The van der Waals surface area contributed by atoms with Gasteiger partial charge in [-0.1, -0.05) is 6.58 Å². The van der Waals surface area contributed by atoms with Gasteiger partial charge in [-0.05, 0) is 6.08 Å². The lowest BCUT2D eigenvalue weighted by Gasteiger charge is -2.32.